The lowest BCUT2D eigenvalue weighted by Crippen LogP contribution is -2.11. The fourth-order valence-electron chi connectivity index (χ4n) is 2.60. The van der Waals surface area contributed by atoms with Crippen molar-refractivity contribution in [3.63, 3.8) is 0 Å². The molecule has 2 heterocycles. The van der Waals surface area contributed by atoms with Crippen LogP contribution in [-0.4, -0.2) is 15.9 Å². The maximum atomic E-state index is 12.6. The highest BCUT2D eigenvalue weighted by molar-refractivity contribution is 7.22. The summed E-state index contributed by atoms with van der Waals surface area (Å²) in [6, 6.07) is 13.3. The summed E-state index contributed by atoms with van der Waals surface area (Å²) in [7, 11) is 0. The van der Waals surface area contributed by atoms with Crippen LogP contribution in [0.25, 0.3) is 10.2 Å². The molecule has 1 amide bonds. The van der Waals surface area contributed by atoms with Crippen LogP contribution in [0, 0.1) is 0 Å². The van der Waals surface area contributed by atoms with E-state index in [4.69, 9.17) is 4.74 Å². The summed E-state index contributed by atoms with van der Waals surface area (Å²) in [4.78, 5) is 21.3. The summed E-state index contributed by atoms with van der Waals surface area (Å²) in [6.45, 7) is 2.50. The van der Waals surface area contributed by atoms with Crippen molar-refractivity contribution in [1.29, 1.82) is 0 Å². The highest BCUT2D eigenvalue weighted by Crippen LogP contribution is 2.27. The van der Waals surface area contributed by atoms with E-state index in [2.05, 4.69) is 34.3 Å². The molecule has 0 aliphatic heterocycles. The quantitative estimate of drug-likeness (QED) is 0.491. The van der Waals surface area contributed by atoms with Crippen LogP contribution >= 0.6 is 22.7 Å². The molecule has 0 radical (unpaired) electrons. The average molecular weight is 396 g/mol. The van der Waals surface area contributed by atoms with Gasteiger partial charge in [-0.15, -0.1) is 11.3 Å². The molecule has 0 atom stereocenters. The highest BCUT2D eigenvalue weighted by atomic mass is 32.1. The molecule has 0 aliphatic carbocycles. The fourth-order valence-corrected chi connectivity index (χ4v) is 4.07. The van der Waals surface area contributed by atoms with Crippen LogP contribution in [0.3, 0.4) is 0 Å². The molecule has 7 heteroatoms. The number of carbonyl (C=O) groups excluding carboxylic acids is 1. The van der Waals surface area contributed by atoms with Gasteiger partial charge in [-0.2, -0.15) is 0 Å². The molecule has 0 unspecified atom stereocenters. The van der Waals surface area contributed by atoms with Crippen LogP contribution in [0.4, 0.5) is 5.13 Å². The van der Waals surface area contributed by atoms with Gasteiger partial charge in [0.15, 0.2) is 5.13 Å². The van der Waals surface area contributed by atoms with E-state index in [0.29, 0.717) is 23.1 Å². The molecule has 2 aromatic carbocycles. The molecule has 5 nitrogen and oxygen atoms in total. The van der Waals surface area contributed by atoms with Crippen LogP contribution in [0.5, 0.6) is 5.75 Å². The zero-order valence-electron chi connectivity index (χ0n) is 14.6. The molecule has 0 spiro atoms. The van der Waals surface area contributed by atoms with E-state index < -0.39 is 0 Å². The number of nitrogens with one attached hydrogen (secondary N) is 1. The van der Waals surface area contributed by atoms with Crippen molar-refractivity contribution in [3.05, 3.63) is 70.2 Å². The third-order valence-electron chi connectivity index (χ3n) is 4.05. The Balaban J connectivity index is 1.47. The lowest BCUT2D eigenvalue weighted by Gasteiger charge is -2.06. The Kier molecular flexibility index (Phi) is 5.13. The van der Waals surface area contributed by atoms with E-state index >= 15 is 0 Å². The Morgan fingerprint density at radius 3 is 2.96 bits per heavy atom. The molecule has 4 aromatic rings. The van der Waals surface area contributed by atoms with Crippen molar-refractivity contribution < 1.29 is 9.53 Å². The van der Waals surface area contributed by atoms with Gasteiger partial charge in [0.25, 0.3) is 5.91 Å². The van der Waals surface area contributed by atoms with E-state index in [1.807, 2.05) is 17.5 Å². The van der Waals surface area contributed by atoms with E-state index in [1.165, 1.54) is 28.2 Å². The normalized spacial score (nSPS) is 10.9. The van der Waals surface area contributed by atoms with Gasteiger partial charge in [0.2, 0.25) is 0 Å². The Labute approximate surface area is 164 Å². The number of nitrogens with zero attached hydrogens (tertiary/aromatic N) is 2. The van der Waals surface area contributed by atoms with Crippen molar-refractivity contribution in [2.75, 3.05) is 5.32 Å². The Morgan fingerprint density at radius 1 is 1.22 bits per heavy atom. The first-order chi connectivity index (χ1) is 13.2. The van der Waals surface area contributed by atoms with Gasteiger partial charge in [-0.25, -0.2) is 9.97 Å². The Morgan fingerprint density at radius 2 is 2.15 bits per heavy atom. The third kappa shape index (κ3) is 4.15. The summed E-state index contributed by atoms with van der Waals surface area (Å²) in [5.74, 6) is 0.427. The number of rotatable bonds is 6. The van der Waals surface area contributed by atoms with E-state index in [0.717, 1.165) is 22.3 Å². The lowest BCUT2D eigenvalue weighted by atomic mass is 10.2. The highest BCUT2D eigenvalue weighted by Gasteiger charge is 2.11. The molecule has 4 rings (SSSR count). The first-order valence-corrected chi connectivity index (χ1v) is 10.3. The minimum absolute atomic E-state index is 0.205. The summed E-state index contributed by atoms with van der Waals surface area (Å²) in [6.07, 6.45) is 0.975. The zero-order chi connectivity index (χ0) is 18.6. The second-order valence-electron chi connectivity index (χ2n) is 5.93. The number of hydrogen-bond donors (Lipinski definition) is 1. The van der Waals surface area contributed by atoms with Gasteiger partial charge >= 0.3 is 0 Å². The molecule has 136 valence electrons. The van der Waals surface area contributed by atoms with Gasteiger partial charge in [-0.3, -0.25) is 10.1 Å². The molecule has 1 N–H and O–H groups in total. The summed E-state index contributed by atoms with van der Waals surface area (Å²) < 4.78 is 6.79. The molecule has 0 aliphatic rings. The average Bonchev–Trinajstić information content (AvgIpc) is 3.35. The van der Waals surface area contributed by atoms with Crippen LogP contribution < -0.4 is 10.1 Å². The summed E-state index contributed by atoms with van der Waals surface area (Å²) >= 11 is 3.01. The molecule has 27 heavy (non-hydrogen) atoms. The van der Waals surface area contributed by atoms with Gasteiger partial charge in [0, 0.05) is 10.9 Å². The number of anilines is 1. The second-order valence-corrected chi connectivity index (χ2v) is 7.67. The lowest BCUT2D eigenvalue weighted by molar-refractivity contribution is 0.102. The number of fused-ring (bicyclic) bond motifs is 1. The van der Waals surface area contributed by atoms with E-state index in [-0.39, 0.29) is 5.91 Å². The summed E-state index contributed by atoms with van der Waals surface area (Å²) in [5.41, 5.74) is 5.32. The van der Waals surface area contributed by atoms with Crippen molar-refractivity contribution in [3.8, 4) is 5.75 Å². The van der Waals surface area contributed by atoms with Gasteiger partial charge in [-0.05, 0) is 42.3 Å². The number of amides is 1. The second kappa shape index (κ2) is 7.85. The Hall–Kier alpha value is -2.77. The molecule has 0 saturated carbocycles. The Bertz CT molecular complexity index is 1070. The number of aromatic nitrogens is 2. The third-order valence-corrected chi connectivity index (χ3v) is 5.62. The van der Waals surface area contributed by atoms with Gasteiger partial charge in [-0.1, -0.05) is 30.4 Å². The topological polar surface area (TPSA) is 64.1 Å². The molecule has 0 saturated heterocycles. The number of ether oxygens (including phenoxy) is 1. The number of aryl methyl sites for hydroxylation is 1. The number of carbonyl (C=O) groups is 1. The maximum Gasteiger partial charge on any atom is 0.257 e. The minimum Gasteiger partial charge on any atom is -0.487 e. The predicted molar refractivity (Wildman–Crippen MR) is 110 cm³/mol. The molecule has 0 fully saturated rings. The van der Waals surface area contributed by atoms with E-state index in [9.17, 15) is 4.79 Å². The molecular weight excluding hydrogens is 378 g/mol. The van der Waals surface area contributed by atoms with Gasteiger partial charge < -0.3 is 4.74 Å². The van der Waals surface area contributed by atoms with Crippen LogP contribution in [0.2, 0.25) is 0 Å². The zero-order valence-corrected chi connectivity index (χ0v) is 16.3. The van der Waals surface area contributed by atoms with Crippen molar-refractivity contribution in [2.45, 2.75) is 20.0 Å². The predicted octanol–water partition coefficient (Wildman–Crippen LogP) is 5.15. The van der Waals surface area contributed by atoms with Crippen LogP contribution in [0.1, 0.15) is 28.5 Å². The number of thiazole rings is 2. The first kappa shape index (κ1) is 17.6. The van der Waals surface area contributed by atoms with Crippen LogP contribution in [0.15, 0.2) is 53.4 Å². The monoisotopic (exact) mass is 395 g/mol. The van der Waals surface area contributed by atoms with Crippen molar-refractivity contribution in [1.82, 2.24) is 9.97 Å². The fraction of sp³-hybridized carbons (Fsp3) is 0.150. The van der Waals surface area contributed by atoms with Crippen LogP contribution in [-0.2, 0) is 13.0 Å². The molecular formula is C20H17N3O2S2. The largest absolute Gasteiger partial charge is 0.487 e. The van der Waals surface area contributed by atoms with E-state index in [1.54, 1.807) is 23.7 Å². The maximum absolute atomic E-state index is 12.6. The number of benzene rings is 2. The molecule has 0 bridgehead atoms. The minimum atomic E-state index is -0.205. The summed E-state index contributed by atoms with van der Waals surface area (Å²) in [5, 5.41) is 5.42. The SMILES string of the molecule is CCc1ccc2nc(NC(=O)c3cccc(OCc4cscn4)c3)sc2c1. The molecule has 2 aromatic heterocycles. The smallest absolute Gasteiger partial charge is 0.257 e. The van der Waals surface area contributed by atoms with Gasteiger partial charge in [0.05, 0.1) is 21.4 Å². The standard InChI is InChI=1S/C20H17N3O2S2/c1-2-13-6-7-17-18(8-13)27-20(22-17)23-19(24)14-4-3-5-16(9-14)25-10-15-11-26-12-21-15/h3-9,11-12H,2,10H2,1H3,(H,22,23,24). The van der Waals surface area contributed by atoms with Gasteiger partial charge in [0.1, 0.15) is 12.4 Å². The first-order valence-electron chi connectivity index (χ1n) is 8.52. The van der Waals surface area contributed by atoms with Crippen molar-refractivity contribution in [2.24, 2.45) is 0 Å². The number of hydrogen-bond acceptors (Lipinski definition) is 6. The van der Waals surface area contributed by atoms with Crippen molar-refractivity contribution >= 4 is 43.9 Å².